The Labute approximate surface area is 118 Å². The lowest BCUT2D eigenvalue weighted by atomic mass is 10.1. The molecule has 0 radical (unpaired) electrons. The van der Waals surface area contributed by atoms with Crippen molar-refractivity contribution in [2.75, 3.05) is 12.8 Å². The Hall–Kier alpha value is -2.48. The molecule has 2 N–H and O–H groups in total. The first-order chi connectivity index (χ1) is 9.38. The molecule has 0 bridgehead atoms. The number of hydrogen-bond acceptors (Lipinski definition) is 4. The third-order valence-electron chi connectivity index (χ3n) is 3.03. The largest absolute Gasteiger partial charge is 0.497 e. The lowest BCUT2D eigenvalue weighted by molar-refractivity contribution is 0.362. The maximum atomic E-state index is 9.33. The zero-order valence-electron chi connectivity index (χ0n) is 12.1. The second-order valence-electron chi connectivity index (χ2n) is 5.53. The molecule has 0 fully saturated rings. The molecule has 1 heterocycles. The fourth-order valence-corrected chi connectivity index (χ4v) is 2.00. The highest BCUT2D eigenvalue weighted by atomic mass is 16.5. The second-order valence-corrected chi connectivity index (χ2v) is 5.53. The number of ether oxygens (including phenoxy) is 1. The molecule has 0 aliphatic rings. The Morgan fingerprint density at radius 1 is 1.25 bits per heavy atom. The van der Waals surface area contributed by atoms with E-state index >= 15 is 0 Å². The minimum Gasteiger partial charge on any atom is -0.497 e. The topological polar surface area (TPSA) is 76.9 Å². The molecule has 5 heteroatoms. The van der Waals surface area contributed by atoms with Gasteiger partial charge in [-0.15, -0.1) is 0 Å². The molecular weight excluding hydrogens is 252 g/mol. The summed E-state index contributed by atoms with van der Waals surface area (Å²) in [5.41, 5.74) is 7.62. The van der Waals surface area contributed by atoms with Gasteiger partial charge in [0.1, 0.15) is 28.9 Å². The van der Waals surface area contributed by atoms with Gasteiger partial charge >= 0.3 is 0 Å². The summed E-state index contributed by atoms with van der Waals surface area (Å²) in [5, 5.41) is 13.8. The second kappa shape index (κ2) is 4.89. The van der Waals surface area contributed by atoms with Crippen molar-refractivity contribution in [2.45, 2.75) is 26.3 Å². The SMILES string of the molecule is COc1ccc(-c2nn(C(C)(C)C)c(N)c2C#N)cc1. The Morgan fingerprint density at radius 2 is 1.85 bits per heavy atom. The van der Waals surface area contributed by atoms with Crippen LogP contribution in [-0.4, -0.2) is 16.9 Å². The fraction of sp³-hybridized carbons (Fsp3) is 0.333. The quantitative estimate of drug-likeness (QED) is 0.910. The molecular formula is C15H18N4O. The van der Waals surface area contributed by atoms with Crippen molar-refractivity contribution in [2.24, 2.45) is 0 Å². The van der Waals surface area contributed by atoms with Crippen molar-refractivity contribution in [1.29, 1.82) is 5.26 Å². The summed E-state index contributed by atoms with van der Waals surface area (Å²) in [6, 6.07) is 9.56. The van der Waals surface area contributed by atoms with Crippen molar-refractivity contribution in [1.82, 2.24) is 9.78 Å². The first kappa shape index (κ1) is 13.9. The molecule has 1 aromatic heterocycles. The fourth-order valence-electron chi connectivity index (χ4n) is 2.00. The summed E-state index contributed by atoms with van der Waals surface area (Å²) < 4.78 is 6.82. The Balaban J connectivity index is 2.59. The van der Waals surface area contributed by atoms with Crippen LogP contribution in [0.3, 0.4) is 0 Å². The van der Waals surface area contributed by atoms with E-state index in [1.54, 1.807) is 11.8 Å². The molecule has 0 amide bonds. The third kappa shape index (κ3) is 2.32. The molecule has 0 saturated carbocycles. The Morgan fingerprint density at radius 3 is 2.30 bits per heavy atom. The van der Waals surface area contributed by atoms with Gasteiger partial charge in [0, 0.05) is 5.56 Å². The van der Waals surface area contributed by atoms with Crippen LogP contribution in [0.5, 0.6) is 5.75 Å². The van der Waals surface area contributed by atoms with Gasteiger partial charge in [0.25, 0.3) is 0 Å². The summed E-state index contributed by atoms with van der Waals surface area (Å²) in [7, 11) is 1.61. The molecule has 2 rings (SSSR count). The highest BCUT2D eigenvalue weighted by molar-refractivity contribution is 5.73. The standard InChI is InChI=1S/C15H18N4O/c1-15(2,3)19-14(17)12(9-16)13(18-19)10-5-7-11(20-4)8-6-10/h5-8H,17H2,1-4H3. The van der Waals surface area contributed by atoms with Crippen LogP contribution in [0.1, 0.15) is 26.3 Å². The number of benzene rings is 1. The molecule has 2 aromatic rings. The van der Waals surface area contributed by atoms with E-state index in [0.29, 0.717) is 17.1 Å². The summed E-state index contributed by atoms with van der Waals surface area (Å²) >= 11 is 0. The van der Waals surface area contributed by atoms with Crippen LogP contribution >= 0.6 is 0 Å². The van der Waals surface area contributed by atoms with Crippen molar-refractivity contribution in [3.05, 3.63) is 29.8 Å². The van der Waals surface area contributed by atoms with Crippen LogP contribution in [0.4, 0.5) is 5.82 Å². The van der Waals surface area contributed by atoms with E-state index in [1.165, 1.54) is 0 Å². The number of nitrogens with two attached hydrogens (primary N) is 1. The van der Waals surface area contributed by atoms with Gasteiger partial charge in [-0.2, -0.15) is 10.4 Å². The van der Waals surface area contributed by atoms with Crippen LogP contribution in [0.25, 0.3) is 11.3 Å². The molecule has 0 atom stereocenters. The van der Waals surface area contributed by atoms with E-state index in [0.717, 1.165) is 11.3 Å². The van der Waals surface area contributed by atoms with Gasteiger partial charge in [0.15, 0.2) is 0 Å². The Bertz CT molecular complexity index is 657. The van der Waals surface area contributed by atoms with Gasteiger partial charge in [-0.05, 0) is 45.0 Å². The smallest absolute Gasteiger partial charge is 0.141 e. The predicted molar refractivity (Wildman–Crippen MR) is 78.3 cm³/mol. The molecule has 104 valence electrons. The number of aromatic nitrogens is 2. The first-order valence-corrected chi connectivity index (χ1v) is 6.32. The highest BCUT2D eigenvalue weighted by Crippen LogP contribution is 2.31. The molecule has 0 spiro atoms. The number of rotatable bonds is 2. The summed E-state index contributed by atoms with van der Waals surface area (Å²) in [4.78, 5) is 0. The van der Waals surface area contributed by atoms with Crippen LogP contribution in [0, 0.1) is 11.3 Å². The summed E-state index contributed by atoms with van der Waals surface area (Å²) in [6.07, 6.45) is 0. The zero-order valence-corrected chi connectivity index (χ0v) is 12.1. The molecule has 0 aliphatic heterocycles. The van der Waals surface area contributed by atoms with E-state index < -0.39 is 0 Å². The lowest BCUT2D eigenvalue weighted by Crippen LogP contribution is -2.24. The van der Waals surface area contributed by atoms with Crippen molar-refractivity contribution < 1.29 is 4.74 Å². The number of nitriles is 1. The van der Waals surface area contributed by atoms with Gasteiger partial charge in [0.2, 0.25) is 0 Å². The van der Waals surface area contributed by atoms with Gasteiger partial charge < -0.3 is 10.5 Å². The number of anilines is 1. The van der Waals surface area contributed by atoms with E-state index in [-0.39, 0.29) is 5.54 Å². The Kier molecular flexibility index (Phi) is 3.41. The first-order valence-electron chi connectivity index (χ1n) is 6.32. The molecule has 1 aromatic carbocycles. The normalized spacial score (nSPS) is 11.2. The minimum absolute atomic E-state index is 0.277. The van der Waals surface area contributed by atoms with E-state index in [9.17, 15) is 5.26 Å². The van der Waals surface area contributed by atoms with Crippen LogP contribution in [-0.2, 0) is 5.54 Å². The number of methoxy groups -OCH3 is 1. The van der Waals surface area contributed by atoms with E-state index in [2.05, 4.69) is 11.2 Å². The molecule has 0 saturated heterocycles. The van der Waals surface area contributed by atoms with Crippen LogP contribution in [0.2, 0.25) is 0 Å². The van der Waals surface area contributed by atoms with E-state index in [1.807, 2.05) is 45.0 Å². The molecule has 0 aliphatic carbocycles. The molecule has 5 nitrogen and oxygen atoms in total. The number of nitrogen functional groups attached to an aromatic ring is 1. The molecule has 20 heavy (non-hydrogen) atoms. The van der Waals surface area contributed by atoms with E-state index in [4.69, 9.17) is 10.5 Å². The maximum absolute atomic E-state index is 9.33. The van der Waals surface area contributed by atoms with Gasteiger partial charge in [0.05, 0.1) is 12.6 Å². The average molecular weight is 270 g/mol. The van der Waals surface area contributed by atoms with Gasteiger partial charge in [-0.1, -0.05) is 0 Å². The number of hydrogen-bond donors (Lipinski definition) is 1. The predicted octanol–water partition coefficient (Wildman–Crippen LogP) is 2.77. The average Bonchev–Trinajstić information content (AvgIpc) is 2.75. The molecule has 0 unspecified atom stereocenters. The number of nitrogens with zero attached hydrogens (tertiary/aromatic N) is 3. The van der Waals surface area contributed by atoms with Crippen LogP contribution in [0.15, 0.2) is 24.3 Å². The van der Waals surface area contributed by atoms with Crippen molar-refractivity contribution in [3.8, 4) is 23.1 Å². The third-order valence-corrected chi connectivity index (χ3v) is 3.03. The van der Waals surface area contributed by atoms with Crippen molar-refractivity contribution in [3.63, 3.8) is 0 Å². The maximum Gasteiger partial charge on any atom is 0.141 e. The summed E-state index contributed by atoms with van der Waals surface area (Å²) in [6.45, 7) is 5.99. The summed E-state index contributed by atoms with van der Waals surface area (Å²) in [5.74, 6) is 1.15. The van der Waals surface area contributed by atoms with Gasteiger partial charge in [-0.3, -0.25) is 0 Å². The monoisotopic (exact) mass is 270 g/mol. The van der Waals surface area contributed by atoms with Crippen LogP contribution < -0.4 is 10.5 Å². The lowest BCUT2D eigenvalue weighted by Gasteiger charge is -2.20. The zero-order chi connectivity index (χ0) is 14.9. The van der Waals surface area contributed by atoms with Gasteiger partial charge in [-0.25, -0.2) is 4.68 Å². The highest BCUT2D eigenvalue weighted by Gasteiger charge is 2.24. The minimum atomic E-state index is -0.277. The van der Waals surface area contributed by atoms with Crippen molar-refractivity contribution >= 4 is 5.82 Å².